The Bertz CT molecular complexity index is 1130. The monoisotopic (exact) mass is 351 g/mol. The fourth-order valence-electron chi connectivity index (χ4n) is 3.53. The van der Waals surface area contributed by atoms with Gasteiger partial charge in [0.05, 0.1) is 6.54 Å². The molecule has 1 aromatic carbocycles. The molecular formula is C19H15F2N5. The van der Waals surface area contributed by atoms with Crippen molar-refractivity contribution < 1.29 is 8.78 Å². The number of hydrogen-bond acceptors (Lipinski definition) is 4. The van der Waals surface area contributed by atoms with Crippen LogP contribution in [0.3, 0.4) is 0 Å². The van der Waals surface area contributed by atoms with Crippen LogP contribution in [-0.2, 0) is 6.54 Å². The van der Waals surface area contributed by atoms with Crippen LogP contribution in [0, 0.1) is 11.6 Å². The molecule has 1 fully saturated rings. The molecule has 0 saturated heterocycles. The molecular weight excluding hydrogens is 336 g/mol. The van der Waals surface area contributed by atoms with Crippen LogP contribution in [0.1, 0.15) is 36.6 Å². The number of rotatable bonds is 3. The van der Waals surface area contributed by atoms with Crippen LogP contribution >= 0.6 is 0 Å². The minimum absolute atomic E-state index is 0.0446. The first kappa shape index (κ1) is 15.3. The summed E-state index contributed by atoms with van der Waals surface area (Å²) >= 11 is 0. The third-order valence-electron chi connectivity index (χ3n) is 5.11. The van der Waals surface area contributed by atoms with E-state index in [1.807, 2.05) is 10.6 Å². The second-order valence-electron chi connectivity index (χ2n) is 6.62. The summed E-state index contributed by atoms with van der Waals surface area (Å²) in [5.41, 5.74) is 2.22. The van der Waals surface area contributed by atoms with E-state index in [0.29, 0.717) is 29.1 Å². The Morgan fingerprint density at radius 1 is 1.00 bits per heavy atom. The van der Waals surface area contributed by atoms with Gasteiger partial charge in [-0.05, 0) is 36.6 Å². The van der Waals surface area contributed by atoms with Crippen LogP contribution in [0.15, 0.2) is 36.8 Å². The zero-order valence-electron chi connectivity index (χ0n) is 13.9. The quantitative estimate of drug-likeness (QED) is 0.560. The molecule has 0 amide bonds. The Morgan fingerprint density at radius 2 is 1.85 bits per heavy atom. The van der Waals surface area contributed by atoms with Gasteiger partial charge in [0.1, 0.15) is 11.3 Å². The molecule has 0 unspecified atom stereocenters. The van der Waals surface area contributed by atoms with Gasteiger partial charge in [0.15, 0.2) is 22.9 Å². The van der Waals surface area contributed by atoms with Crippen molar-refractivity contribution in [3.8, 4) is 0 Å². The van der Waals surface area contributed by atoms with Crippen molar-refractivity contribution in [2.45, 2.75) is 31.7 Å². The summed E-state index contributed by atoms with van der Waals surface area (Å²) in [5, 5.41) is 0.594. The van der Waals surface area contributed by atoms with Gasteiger partial charge in [-0.1, -0.05) is 6.42 Å². The molecule has 1 aliphatic carbocycles. The number of imidazole rings is 1. The van der Waals surface area contributed by atoms with Crippen molar-refractivity contribution in [3.63, 3.8) is 0 Å². The number of benzene rings is 1. The van der Waals surface area contributed by atoms with Gasteiger partial charge in [-0.3, -0.25) is 4.98 Å². The van der Waals surface area contributed by atoms with E-state index < -0.39 is 11.6 Å². The lowest BCUT2D eigenvalue weighted by Crippen LogP contribution is -2.16. The fourth-order valence-corrected chi connectivity index (χ4v) is 3.53. The highest BCUT2D eigenvalue weighted by molar-refractivity contribution is 5.82. The molecule has 3 aromatic heterocycles. The average molecular weight is 351 g/mol. The molecule has 4 aromatic rings. The fraction of sp³-hybridized carbons (Fsp3) is 0.263. The first-order valence-electron chi connectivity index (χ1n) is 8.61. The van der Waals surface area contributed by atoms with Gasteiger partial charge < -0.3 is 4.57 Å². The van der Waals surface area contributed by atoms with Gasteiger partial charge in [0.25, 0.3) is 0 Å². The number of fused-ring (bicyclic) bond motifs is 2. The lowest BCUT2D eigenvalue weighted by atomic mass is 9.85. The number of halogens is 2. The molecule has 0 radical (unpaired) electrons. The number of nitrogens with zero attached hydrogens (tertiary/aromatic N) is 5. The van der Waals surface area contributed by atoms with E-state index in [4.69, 9.17) is 0 Å². The summed E-state index contributed by atoms with van der Waals surface area (Å²) in [6.45, 7) is 0.463. The summed E-state index contributed by atoms with van der Waals surface area (Å²) in [5.74, 6) is -0.451. The Morgan fingerprint density at radius 3 is 2.65 bits per heavy atom. The van der Waals surface area contributed by atoms with Crippen molar-refractivity contribution in [1.82, 2.24) is 24.5 Å². The molecule has 130 valence electrons. The van der Waals surface area contributed by atoms with Crippen LogP contribution in [0.2, 0.25) is 0 Å². The Kier molecular flexibility index (Phi) is 3.41. The standard InChI is InChI=1S/C19H15F2N5/c20-14-5-4-13-12(6-7-22-16(13)15(14)21)10-26-18(11-2-1-3-11)25-17-19(26)24-9-8-23-17/h4-9,11H,1-3,10H2. The predicted molar refractivity (Wildman–Crippen MR) is 92.7 cm³/mol. The molecule has 0 atom stereocenters. The molecule has 5 rings (SSSR count). The first-order valence-corrected chi connectivity index (χ1v) is 8.61. The highest BCUT2D eigenvalue weighted by atomic mass is 19.2. The summed E-state index contributed by atoms with van der Waals surface area (Å²) < 4.78 is 29.7. The molecule has 26 heavy (non-hydrogen) atoms. The summed E-state index contributed by atoms with van der Waals surface area (Å²) in [7, 11) is 0. The van der Waals surface area contributed by atoms with Gasteiger partial charge in [0, 0.05) is 29.9 Å². The Hall–Kier alpha value is -2.96. The molecule has 0 aliphatic heterocycles. The summed E-state index contributed by atoms with van der Waals surface area (Å²) in [6, 6.07) is 4.54. The second kappa shape index (κ2) is 5.79. The zero-order valence-corrected chi connectivity index (χ0v) is 13.9. The molecule has 0 bridgehead atoms. The lowest BCUT2D eigenvalue weighted by molar-refractivity contribution is 0.391. The van der Waals surface area contributed by atoms with Crippen molar-refractivity contribution in [2.24, 2.45) is 0 Å². The van der Waals surface area contributed by atoms with E-state index in [9.17, 15) is 8.78 Å². The lowest BCUT2D eigenvalue weighted by Gasteiger charge is -2.25. The molecule has 0 N–H and O–H groups in total. The van der Waals surface area contributed by atoms with Crippen molar-refractivity contribution in [2.75, 3.05) is 0 Å². The predicted octanol–water partition coefficient (Wildman–Crippen LogP) is 3.97. The highest BCUT2D eigenvalue weighted by Crippen LogP contribution is 2.37. The van der Waals surface area contributed by atoms with Gasteiger partial charge >= 0.3 is 0 Å². The van der Waals surface area contributed by atoms with Crippen LogP contribution in [0.4, 0.5) is 8.78 Å². The summed E-state index contributed by atoms with van der Waals surface area (Å²) in [4.78, 5) is 17.4. The smallest absolute Gasteiger partial charge is 0.197 e. The third kappa shape index (κ3) is 2.27. The number of pyridine rings is 1. The molecule has 3 heterocycles. The zero-order chi connectivity index (χ0) is 17.7. The van der Waals surface area contributed by atoms with Crippen LogP contribution in [0.25, 0.3) is 22.2 Å². The van der Waals surface area contributed by atoms with E-state index >= 15 is 0 Å². The maximum Gasteiger partial charge on any atom is 0.197 e. The third-order valence-corrected chi connectivity index (χ3v) is 5.11. The molecule has 1 aliphatic rings. The molecule has 7 heteroatoms. The van der Waals surface area contributed by atoms with E-state index in [2.05, 4.69) is 19.9 Å². The van der Waals surface area contributed by atoms with Crippen LogP contribution in [-0.4, -0.2) is 24.5 Å². The van der Waals surface area contributed by atoms with Gasteiger partial charge in [0.2, 0.25) is 0 Å². The maximum atomic E-state index is 14.1. The number of aromatic nitrogens is 5. The molecule has 1 saturated carbocycles. The average Bonchev–Trinajstić information content (AvgIpc) is 2.95. The first-order chi connectivity index (χ1) is 12.7. The van der Waals surface area contributed by atoms with E-state index in [1.54, 1.807) is 18.5 Å². The minimum Gasteiger partial charge on any atom is -0.307 e. The minimum atomic E-state index is -0.918. The Labute approximate surface area is 147 Å². The summed E-state index contributed by atoms with van der Waals surface area (Å²) in [6.07, 6.45) is 8.17. The van der Waals surface area contributed by atoms with E-state index in [0.717, 1.165) is 30.3 Å². The topological polar surface area (TPSA) is 56.5 Å². The van der Waals surface area contributed by atoms with Gasteiger partial charge in [-0.15, -0.1) is 0 Å². The van der Waals surface area contributed by atoms with Crippen LogP contribution in [0.5, 0.6) is 0 Å². The van der Waals surface area contributed by atoms with Gasteiger partial charge in [-0.2, -0.15) is 0 Å². The maximum absolute atomic E-state index is 14.1. The number of hydrogen-bond donors (Lipinski definition) is 0. The van der Waals surface area contributed by atoms with Crippen molar-refractivity contribution >= 4 is 22.2 Å². The largest absolute Gasteiger partial charge is 0.307 e. The van der Waals surface area contributed by atoms with Gasteiger partial charge in [-0.25, -0.2) is 23.7 Å². The molecule has 5 nitrogen and oxygen atoms in total. The molecule has 0 spiro atoms. The Balaban J connectivity index is 1.68. The second-order valence-corrected chi connectivity index (χ2v) is 6.62. The van der Waals surface area contributed by atoms with Crippen molar-refractivity contribution in [1.29, 1.82) is 0 Å². The van der Waals surface area contributed by atoms with Crippen molar-refractivity contribution in [3.05, 3.63) is 59.8 Å². The SMILES string of the molecule is Fc1ccc2c(Cn3c(C4CCC4)nc4nccnc43)ccnc2c1F. The normalized spacial score (nSPS) is 14.8. The highest BCUT2D eigenvalue weighted by Gasteiger charge is 2.27. The van der Waals surface area contributed by atoms with E-state index in [-0.39, 0.29) is 5.52 Å². The van der Waals surface area contributed by atoms with Crippen LogP contribution < -0.4 is 0 Å². The van der Waals surface area contributed by atoms with E-state index in [1.165, 1.54) is 12.6 Å².